The molecular weight excluding hydrogens is 428 g/mol. The summed E-state index contributed by atoms with van der Waals surface area (Å²) >= 11 is 0. The molecule has 1 amide bonds. The molecule has 2 aliphatic rings. The van der Waals surface area contributed by atoms with Crippen LogP contribution < -0.4 is 9.80 Å². The first-order valence-electron chi connectivity index (χ1n) is 11.9. The van der Waals surface area contributed by atoms with E-state index in [-0.39, 0.29) is 12.5 Å². The maximum atomic E-state index is 13.1. The average Bonchev–Trinajstić information content (AvgIpc) is 3.25. The first-order valence-corrected chi connectivity index (χ1v) is 11.9. The van der Waals surface area contributed by atoms with Gasteiger partial charge in [0.25, 0.3) is 5.91 Å². The van der Waals surface area contributed by atoms with E-state index in [4.69, 9.17) is 0 Å². The van der Waals surface area contributed by atoms with Gasteiger partial charge in [-0.1, -0.05) is 0 Å². The average molecular weight is 461 g/mol. The zero-order valence-electron chi connectivity index (χ0n) is 19.9. The van der Waals surface area contributed by atoms with Crippen LogP contribution in [0.1, 0.15) is 16.8 Å². The number of rotatable bonds is 5. The molecule has 1 N–H and O–H groups in total. The van der Waals surface area contributed by atoms with Crippen LogP contribution in [0.5, 0.6) is 0 Å². The third-order valence-corrected chi connectivity index (χ3v) is 7.01. The van der Waals surface area contributed by atoms with E-state index in [1.165, 1.54) is 0 Å². The van der Waals surface area contributed by atoms with Gasteiger partial charge in [0.15, 0.2) is 0 Å². The molecule has 0 unspecified atom stereocenters. The number of hydrogen-bond acceptors (Lipinski definition) is 7. The number of nitrogens with zero attached hydrogens (tertiary/aromatic N) is 6. The molecule has 3 aromatic rings. The van der Waals surface area contributed by atoms with Crippen molar-refractivity contribution in [3.63, 3.8) is 0 Å². The van der Waals surface area contributed by atoms with E-state index >= 15 is 0 Å². The van der Waals surface area contributed by atoms with Gasteiger partial charge in [0.1, 0.15) is 11.1 Å². The number of carbonyl (C=O) groups excluding carboxylic acids is 1. The first-order chi connectivity index (χ1) is 16.4. The predicted octanol–water partition coefficient (Wildman–Crippen LogP) is 2.09. The molecule has 178 valence electrons. The molecule has 1 atom stereocenters. The van der Waals surface area contributed by atoms with Crippen LogP contribution in [-0.2, 0) is 0 Å². The van der Waals surface area contributed by atoms with Gasteiger partial charge < -0.3 is 24.7 Å². The van der Waals surface area contributed by atoms with Crippen LogP contribution >= 0.6 is 0 Å². The van der Waals surface area contributed by atoms with Gasteiger partial charge in [0.05, 0.1) is 17.7 Å². The summed E-state index contributed by atoms with van der Waals surface area (Å²) in [5.74, 6) is -0.0761. The lowest BCUT2D eigenvalue weighted by Gasteiger charge is -2.34. The molecule has 34 heavy (non-hydrogen) atoms. The number of pyridine rings is 2. The van der Waals surface area contributed by atoms with Crippen molar-refractivity contribution in [2.45, 2.75) is 12.0 Å². The lowest BCUT2D eigenvalue weighted by atomic mass is 10.0. The molecule has 2 aromatic heterocycles. The van der Waals surface area contributed by atoms with Crippen LogP contribution in [0.15, 0.2) is 54.9 Å². The monoisotopic (exact) mass is 460 g/mol. The molecule has 0 saturated carbocycles. The third kappa shape index (κ3) is 4.56. The Labute approximate surface area is 200 Å². The van der Waals surface area contributed by atoms with Crippen molar-refractivity contribution >= 4 is 28.3 Å². The number of β-amino-alcohol motifs (C(OH)–C–C–N with tert-alkyl or cyclic N) is 1. The van der Waals surface area contributed by atoms with Gasteiger partial charge in [0, 0.05) is 70.0 Å². The molecule has 2 saturated heterocycles. The standard InChI is InChI=1S/C26H32N6O2/c1-29-14-16-31(17-15-29)21-7-5-20(6-8-21)25(33)30(2)18-26(34)10-13-32(19-26)23-9-12-27-22-4-3-11-28-24(22)23/h3-9,11-12,34H,10,13-19H2,1-2H3/t26-/m0/s1. The van der Waals surface area contributed by atoms with Crippen molar-refractivity contribution in [2.24, 2.45) is 0 Å². The number of aromatic nitrogens is 2. The minimum Gasteiger partial charge on any atom is -0.386 e. The summed E-state index contributed by atoms with van der Waals surface area (Å²) in [6.45, 7) is 5.51. The summed E-state index contributed by atoms with van der Waals surface area (Å²) in [5.41, 5.74) is 3.45. The largest absolute Gasteiger partial charge is 0.386 e. The maximum absolute atomic E-state index is 13.1. The predicted molar refractivity (Wildman–Crippen MR) is 134 cm³/mol. The number of aliphatic hydroxyl groups is 1. The van der Waals surface area contributed by atoms with E-state index in [1.807, 2.05) is 42.5 Å². The van der Waals surface area contributed by atoms with Crippen LogP contribution in [0.25, 0.3) is 11.0 Å². The molecule has 4 heterocycles. The fourth-order valence-electron chi connectivity index (χ4n) is 5.02. The minimum absolute atomic E-state index is 0.0761. The summed E-state index contributed by atoms with van der Waals surface area (Å²) < 4.78 is 0. The lowest BCUT2D eigenvalue weighted by Crippen LogP contribution is -2.46. The summed E-state index contributed by atoms with van der Waals surface area (Å²) in [6, 6.07) is 13.6. The van der Waals surface area contributed by atoms with Crippen molar-refractivity contribution in [3.05, 3.63) is 60.4 Å². The van der Waals surface area contributed by atoms with E-state index in [9.17, 15) is 9.90 Å². The molecule has 0 spiro atoms. The molecule has 1 aromatic carbocycles. The molecule has 2 aliphatic heterocycles. The van der Waals surface area contributed by atoms with Crippen molar-refractivity contribution in [1.29, 1.82) is 0 Å². The fourth-order valence-corrected chi connectivity index (χ4v) is 5.02. The molecule has 0 aliphatic carbocycles. The molecule has 0 radical (unpaired) electrons. The highest BCUT2D eigenvalue weighted by Crippen LogP contribution is 2.31. The second kappa shape index (κ2) is 9.19. The van der Waals surface area contributed by atoms with Gasteiger partial charge in [-0.15, -0.1) is 0 Å². The van der Waals surface area contributed by atoms with E-state index in [1.54, 1.807) is 24.3 Å². The zero-order valence-corrected chi connectivity index (χ0v) is 19.9. The molecule has 0 bridgehead atoms. The van der Waals surface area contributed by atoms with Gasteiger partial charge in [-0.05, 0) is 55.9 Å². The van der Waals surface area contributed by atoms with Gasteiger partial charge in [-0.25, -0.2) is 0 Å². The highest BCUT2D eigenvalue weighted by Gasteiger charge is 2.38. The van der Waals surface area contributed by atoms with Crippen molar-refractivity contribution in [3.8, 4) is 0 Å². The normalized spacial score (nSPS) is 21.3. The number of anilines is 2. The minimum atomic E-state index is -0.978. The van der Waals surface area contributed by atoms with E-state index in [2.05, 4.69) is 31.7 Å². The number of benzene rings is 1. The topological polar surface area (TPSA) is 76.0 Å². The Kier molecular flexibility index (Phi) is 6.10. The quantitative estimate of drug-likeness (QED) is 0.625. The lowest BCUT2D eigenvalue weighted by molar-refractivity contribution is 0.0264. The Hall–Kier alpha value is -3.23. The van der Waals surface area contributed by atoms with Crippen LogP contribution in [0.2, 0.25) is 0 Å². The fraction of sp³-hybridized carbons (Fsp3) is 0.423. The van der Waals surface area contributed by atoms with E-state index in [0.29, 0.717) is 25.1 Å². The van der Waals surface area contributed by atoms with Gasteiger partial charge >= 0.3 is 0 Å². The number of piperazine rings is 1. The summed E-state index contributed by atoms with van der Waals surface area (Å²) in [4.78, 5) is 30.4. The van der Waals surface area contributed by atoms with Gasteiger partial charge in [0.2, 0.25) is 0 Å². The van der Waals surface area contributed by atoms with Gasteiger partial charge in [-0.3, -0.25) is 14.8 Å². The summed E-state index contributed by atoms with van der Waals surface area (Å²) in [6.07, 6.45) is 4.12. The molecular formula is C26H32N6O2. The van der Waals surface area contributed by atoms with Crippen LogP contribution in [0.3, 0.4) is 0 Å². The highest BCUT2D eigenvalue weighted by molar-refractivity contribution is 5.94. The van der Waals surface area contributed by atoms with Crippen molar-refractivity contribution in [1.82, 2.24) is 19.8 Å². The summed E-state index contributed by atoms with van der Waals surface area (Å²) in [7, 11) is 3.91. The Bertz CT molecular complexity index is 1160. The van der Waals surface area contributed by atoms with Crippen molar-refractivity contribution in [2.75, 3.05) is 69.7 Å². The van der Waals surface area contributed by atoms with E-state index < -0.39 is 5.60 Å². The van der Waals surface area contributed by atoms with Gasteiger partial charge in [-0.2, -0.15) is 0 Å². The zero-order chi connectivity index (χ0) is 23.7. The highest BCUT2D eigenvalue weighted by atomic mass is 16.3. The van der Waals surface area contributed by atoms with Crippen LogP contribution in [-0.4, -0.2) is 96.3 Å². The molecule has 8 nitrogen and oxygen atoms in total. The molecule has 8 heteroatoms. The first kappa shape index (κ1) is 22.6. The van der Waals surface area contributed by atoms with Crippen molar-refractivity contribution < 1.29 is 9.90 Å². The third-order valence-electron chi connectivity index (χ3n) is 7.01. The Morgan fingerprint density at radius 2 is 1.76 bits per heavy atom. The number of amides is 1. The maximum Gasteiger partial charge on any atom is 0.253 e. The van der Waals surface area contributed by atoms with Crippen LogP contribution in [0, 0.1) is 0 Å². The number of carbonyl (C=O) groups is 1. The Morgan fingerprint density at radius 3 is 2.53 bits per heavy atom. The summed E-state index contributed by atoms with van der Waals surface area (Å²) in [5, 5.41) is 11.3. The second-order valence-corrected chi connectivity index (χ2v) is 9.60. The number of likely N-dealkylation sites (N-methyl/N-ethyl adjacent to an activating group) is 2. The number of fused-ring (bicyclic) bond motifs is 1. The van der Waals surface area contributed by atoms with Crippen LogP contribution in [0.4, 0.5) is 11.4 Å². The molecule has 2 fully saturated rings. The Balaban J connectivity index is 1.23. The Morgan fingerprint density at radius 1 is 1.00 bits per heavy atom. The number of hydrogen-bond donors (Lipinski definition) is 1. The molecule has 5 rings (SSSR count). The SMILES string of the molecule is CN1CCN(c2ccc(C(=O)N(C)C[C@@]3(O)CCN(c4ccnc5cccnc45)C3)cc2)CC1. The smallest absolute Gasteiger partial charge is 0.253 e. The second-order valence-electron chi connectivity index (χ2n) is 9.60. The van der Waals surface area contributed by atoms with E-state index in [0.717, 1.165) is 48.6 Å².